The lowest BCUT2D eigenvalue weighted by Crippen LogP contribution is -2.56. The van der Waals surface area contributed by atoms with Crippen molar-refractivity contribution in [3.63, 3.8) is 0 Å². The van der Waals surface area contributed by atoms with Gasteiger partial charge < -0.3 is 24.6 Å². The average Bonchev–Trinajstić information content (AvgIpc) is 2.97. The molecule has 1 unspecified atom stereocenters. The molecule has 3 rings (SSSR count). The molecule has 1 aliphatic heterocycles. The molecule has 0 bridgehead atoms. The Morgan fingerprint density at radius 3 is 2.64 bits per heavy atom. The maximum atomic E-state index is 11.4. The van der Waals surface area contributed by atoms with Gasteiger partial charge in [0.15, 0.2) is 0 Å². The van der Waals surface area contributed by atoms with Gasteiger partial charge >= 0.3 is 12.2 Å². The van der Waals surface area contributed by atoms with Crippen molar-refractivity contribution in [3.05, 3.63) is 36.0 Å². The van der Waals surface area contributed by atoms with Gasteiger partial charge in [-0.25, -0.2) is 9.59 Å². The molecule has 0 radical (unpaired) electrons. The first-order valence-corrected chi connectivity index (χ1v) is 7.96. The summed E-state index contributed by atoms with van der Waals surface area (Å²) in [6.45, 7) is 1.02. The van der Waals surface area contributed by atoms with Crippen LogP contribution in [0, 0.1) is 11.3 Å². The highest BCUT2D eigenvalue weighted by molar-refractivity contribution is 5.86. The topological polar surface area (TPSA) is 110 Å². The van der Waals surface area contributed by atoms with E-state index in [1.54, 1.807) is 6.20 Å². The third kappa shape index (κ3) is 3.21. The van der Waals surface area contributed by atoms with Gasteiger partial charge in [0.05, 0.1) is 11.6 Å². The molecule has 0 aliphatic carbocycles. The van der Waals surface area contributed by atoms with E-state index in [0.717, 1.165) is 10.9 Å². The van der Waals surface area contributed by atoms with Gasteiger partial charge in [-0.3, -0.25) is 0 Å². The van der Waals surface area contributed by atoms with Gasteiger partial charge in [-0.05, 0) is 12.5 Å². The summed E-state index contributed by atoms with van der Waals surface area (Å²) in [7, 11) is 0. The van der Waals surface area contributed by atoms with Gasteiger partial charge in [0.1, 0.15) is 6.07 Å². The highest BCUT2D eigenvalue weighted by Gasteiger charge is 2.32. The van der Waals surface area contributed by atoms with E-state index in [9.17, 15) is 20.0 Å². The molecule has 2 heterocycles. The highest BCUT2D eigenvalue weighted by atomic mass is 16.4. The number of aromatic nitrogens is 1. The summed E-state index contributed by atoms with van der Waals surface area (Å²) < 4.78 is 1.92. The summed E-state index contributed by atoms with van der Waals surface area (Å²) >= 11 is 0. The first-order valence-electron chi connectivity index (χ1n) is 7.96. The number of carbonyl (C=O) groups is 2. The van der Waals surface area contributed by atoms with E-state index in [0.29, 0.717) is 18.5 Å². The van der Waals surface area contributed by atoms with Crippen molar-refractivity contribution in [1.82, 2.24) is 14.4 Å². The van der Waals surface area contributed by atoms with Crippen LogP contribution in [0.1, 0.15) is 12.0 Å². The molecule has 1 fully saturated rings. The number of carboxylic acid groups (broad SMARTS) is 2. The molecule has 25 heavy (non-hydrogen) atoms. The summed E-state index contributed by atoms with van der Waals surface area (Å²) in [6, 6.07) is 9.30. The van der Waals surface area contributed by atoms with Crippen molar-refractivity contribution in [2.75, 3.05) is 19.6 Å². The zero-order chi connectivity index (χ0) is 18.0. The minimum atomic E-state index is -1.04. The molecule has 2 amide bonds. The Morgan fingerprint density at radius 1 is 1.20 bits per heavy atom. The van der Waals surface area contributed by atoms with Gasteiger partial charge in [0.25, 0.3) is 0 Å². The van der Waals surface area contributed by atoms with Crippen molar-refractivity contribution in [3.8, 4) is 6.07 Å². The van der Waals surface area contributed by atoms with Crippen LogP contribution in [0.15, 0.2) is 30.5 Å². The average molecular weight is 342 g/mol. The van der Waals surface area contributed by atoms with Crippen LogP contribution >= 0.6 is 0 Å². The Bertz CT molecular complexity index is 854. The van der Waals surface area contributed by atoms with Crippen molar-refractivity contribution in [1.29, 1.82) is 5.26 Å². The molecule has 8 nitrogen and oxygen atoms in total. The summed E-state index contributed by atoms with van der Waals surface area (Å²) in [5.41, 5.74) is 1.48. The Labute approximate surface area is 144 Å². The minimum Gasteiger partial charge on any atom is -0.465 e. The summed E-state index contributed by atoms with van der Waals surface area (Å²) in [5.74, 6) is 0. The highest BCUT2D eigenvalue weighted by Crippen LogP contribution is 2.22. The molecule has 1 aromatic heterocycles. The molecule has 2 aromatic rings. The molecule has 1 aliphatic rings. The minimum absolute atomic E-state index is 0.159. The number of rotatable bonds is 3. The van der Waals surface area contributed by atoms with Gasteiger partial charge in [-0.2, -0.15) is 5.26 Å². The number of amides is 2. The molecule has 0 spiro atoms. The van der Waals surface area contributed by atoms with Crippen LogP contribution in [0.25, 0.3) is 10.9 Å². The number of para-hydroxylation sites is 1. The fourth-order valence-electron chi connectivity index (χ4n) is 3.34. The number of fused-ring (bicyclic) bond motifs is 1. The maximum absolute atomic E-state index is 11.4. The van der Waals surface area contributed by atoms with Crippen molar-refractivity contribution < 1.29 is 19.8 Å². The number of nitriles is 1. The van der Waals surface area contributed by atoms with E-state index >= 15 is 0 Å². The lowest BCUT2D eigenvalue weighted by molar-refractivity contribution is 0.0598. The Balaban J connectivity index is 1.80. The molecule has 8 heteroatoms. The van der Waals surface area contributed by atoms with Crippen LogP contribution in [0.5, 0.6) is 0 Å². The molecule has 1 saturated heterocycles. The van der Waals surface area contributed by atoms with E-state index in [4.69, 9.17) is 5.11 Å². The summed E-state index contributed by atoms with van der Waals surface area (Å²) in [6.07, 6.45) is 0.158. The van der Waals surface area contributed by atoms with Crippen LogP contribution in [-0.4, -0.2) is 62.4 Å². The van der Waals surface area contributed by atoms with E-state index in [1.165, 1.54) is 9.80 Å². The smallest absolute Gasteiger partial charge is 0.407 e. The number of hydrogen-bond acceptors (Lipinski definition) is 3. The number of nitrogens with zero attached hydrogens (tertiary/aromatic N) is 4. The predicted molar refractivity (Wildman–Crippen MR) is 89.4 cm³/mol. The first-order chi connectivity index (χ1) is 12.0. The monoisotopic (exact) mass is 342 g/mol. The lowest BCUT2D eigenvalue weighted by Gasteiger charge is -2.38. The first kappa shape index (κ1) is 16.6. The van der Waals surface area contributed by atoms with E-state index < -0.39 is 18.2 Å². The molecule has 2 N–H and O–H groups in total. The summed E-state index contributed by atoms with van der Waals surface area (Å²) in [5, 5.41) is 28.6. The zero-order valence-corrected chi connectivity index (χ0v) is 13.5. The van der Waals surface area contributed by atoms with Crippen LogP contribution in [0.3, 0.4) is 0 Å². The van der Waals surface area contributed by atoms with Gasteiger partial charge in [0.2, 0.25) is 0 Å². The second-order valence-corrected chi connectivity index (χ2v) is 6.01. The lowest BCUT2D eigenvalue weighted by atomic mass is 10.1. The SMILES string of the molecule is N#Cc1cn(CCC2CN(C(=O)O)CCN2C(=O)O)c2ccccc12. The van der Waals surface area contributed by atoms with Crippen LogP contribution < -0.4 is 0 Å². The van der Waals surface area contributed by atoms with Crippen molar-refractivity contribution >= 4 is 23.1 Å². The number of benzene rings is 1. The Kier molecular flexibility index (Phi) is 4.48. The molecule has 0 saturated carbocycles. The second-order valence-electron chi connectivity index (χ2n) is 6.01. The van der Waals surface area contributed by atoms with E-state index in [1.807, 2.05) is 28.8 Å². The molecule has 1 atom stereocenters. The molecule has 130 valence electrons. The number of piperazine rings is 1. The van der Waals surface area contributed by atoms with Crippen molar-refractivity contribution in [2.24, 2.45) is 0 Å². The van der Waals surface area contributed by atoms with Crippen molar-refractivity contribution in [2.45, 2.75) is 19.0 Å². The second kappa shape index (κ2) is 6.73. The normalized spacial score (nSPS) is 17.5. The molecular weight excluding hydrogens is 324 g/mol. The fourth-order valence-corrected chi connectivity index (χ4v) is 3.34. The Hall–Kier alpha value is -3.21. The standard InChI is InChI=1S/C17H18N4O4/c18-9-12-10-19(15-4-2-1-3-14(12)15)6-5-13-11-20(16(22)23)7-8-21(13)17(24)25/h1-4,10,13H,5-8,11H2,(H,22,23)(H,24,25). The molecular formula is C17H18N4O4. The van der Waals surface area contributed by atoms with Crippen LogP contribution in [0.2, 0.25) is 0 Å². The number of aryl methyl sites for hydroxylation is 1. The van der Waals surface area contributed by atoms with Gasteiger partial charge in [-0.15, -0.1) is 0 Å². The number of hydrogen-bond donors (Lipinski definition) is 2. The summed E-state index contributed by atoms with van der Waals surface area (Å²) in [4.78, 5) is 25.2. The van der Waals surface area contributed by atoms with Gasteiger partial charge in [0, 0.05) is 43.3 Å². The Morgan fingerprint density at radius 2 is 1.96 bits per heavy atom. The third-order valence-corrected chi connectivity index (χ3v) is 4.61. The fraction of sp³-hybridized carbons (Fsp3) is 0.353. The van der Waals surface area contributed by atoms with Crippen LogP contribution in [0.4, 0.5) is 9.59 Å². The quantitative estimate of drug-likeness (QED) is 0.889. The maximum Gasteiger partial charge on any atom is 0.407 e. The molecule has 1 aromatic carbocycles. The largest absolute Gasteiger partial charge is 0.465 e. The van der Waals surface area contributed by atoms with E-state index in [2.05, 4.69) is 6.07 Å². The van der Waals surface area contributed by atoms with Gasteiger partial charge in [-0.1, -0.05) is 18.2 Å². The predicted octanol–water partition coefficient (Wildman–Crippen LogP) is 2.25. The van der Waals surface area contributed by atoms with E-state index in [-0.39, 0.29) is 19.6 Å². The third-order valence-electron chi connectivity index (χ3n) is 4.61. The van der Waals surface area contributed by atoms with Crippen LogP contribution in [-0.2, 0) is 6.54 Å². The zero-order valence-electron chi connectivity index (χ0n) is 13.5.